The van der Waals surface area contributed by atoms with Crippen LogP contribution in [0.2, 0.25) is 10.0 Å². The van der Waals surface area contributed by atoms with E-state index in [1.165, 1.54) is 4.31 Å². The number of anilines is 1. The van der Waals surface area contributed by atoms with Gasteiger partial charge in [0.15, 0.2) is 0 Å². The number of halogens is 2. The first-order chi connectivity index (χ1) is 22.2. The first-order valence-corrected chi connectivity index (χ1v) is 18.0. The van der Waals surface area contributed by atoms with Crippen molar-refractivity contribution >= 4 is 61.5 Å². The van der Waals surface area contributed by atoms with Gasteiger partial charge in [0, 0.05) is 47.4 Å². The molecular formula is C36H37Cl2N3O4S. The summed E-state index contributed by atoms with van der Waals surface area (Å²) in [4.78, 5) is 30.1. The van der Waals surface area contributed by atoms with Gasteiger partial charge in [-0.1, -0.05) is 103 Å². The van der Waals surface area contributed by atoms with Crippen molar-refractivity contribution < 1.29 is 18.0 Å². The average Bonchev–Trinajstić information content (AvgIpc) is 3.27. The van der Waals surface area contributed by atoms with Crippen molar-refractivity contribution in [3.8, 4) is 0 Å². The van der Waals surface area contributed by atoms with Crippen LogP contribution in [0.5, 0.6) is 0 Å². The molecule has 4 aromatic rings. The van der Waals surface area contributed by atoms with E-state index in [-0.39, 0.29) is 48.7 Å². The fourth-order valence-corrected chi connectivity index (χ4v) is 8.87. The van der Waals surface area contributed by atoms with E-state index in [1.54, 1.807) is 41.3 Å². The summed E-state index contributed by atoms with van der Waals surface area (Å²) in [7, 11) is -3.75. The molecule has 240 valence electrons. The Bertz CT molecular complexity index is 1840. The smallest absolute Gasteiger partial charge is 0.265 e. The summed E-state index contributed by atoms with van der Waals surface area (Å²) < 4.78 is 28.4. The molecule has 1 N–H and O–H groups in total. The van der Waals surface area contributed by atoms with E-state index in [2.05, 4.69) is 5.32 Å². The number of rotatable bonds is 11. The van der Waals surface area contributed by atoms with Gasteiger partial charge in [-0.25, -0.2) is 8.42 Å². The van der Waals surface area contributed by atoms with Gasteiger partial charge >= 0.3 is 0 Å². The van der Waals surface area contributed by atoms with E-state index < -0.39 is 16.1 Å². The Hall–Kier alpha value is -3.59. The van der Waals surface area contributed by atoms with Crippen molar-refractivity contribution in [2.75, 3.05) is 10.8 Å². The van der Waals surface area contributed by atoms with Crippen LogP contribution in [-0.4, -0.2) is 43.8 Å². The van der Waals surface area contributed by atoms with Gasteiger partial charge in [-0.3, -0.25) is 13.9 Å². The molecule has 10 heteroatoms. The van der Waals surface area contributed by atoms with Gasteiger partial charge in [0.05, 0.1) is 10.6 Å². The normalized spacial score (nSPS) is 16.3. The quantitative estimate of drug-likeness (QED) is 0.178. The predicted octanol–water partition coefficient (Wildman–Crippen LogP) is 7.52. The summed E-state index contributed by atoms with van der Waals surface area (Å²) >= 11 is 12.8. The van der Waals surface area contributed by atoms with Crippen molar-refractivity contribution in [2.45, 2.75) is 74.9 Å². The van der Waals surface area contributed by atoms with Gasteiger partial charge in [-0.15, -0.1) is 0 Å². The van der Waals surface area contributed by atoms with Crippen LogP contribution in [0.3, 0.4) is 0 Å². The third-order valence-corrected chi connectivity index (χ3v) is 11.5. The second-order valence-corrected chi connectivity index (χ2v) is 14.8. The van der Waals surface area contributed by atoms with Crippen LogP contribution in [0, 0.1) is 0 Å². The Labute approximate surface area is 280 Å². The zero-order chi connectivity index (χ0) is 32.3. The Morgan fingerprint density at radius 1 is 0.913 bits per heavy atom. The highest BCUT2D eigenvalue weighted by molar-refractivity contribution is 7.93. The van der Waals surface area contributed by atoms with E-state index in [0.29, 0.717) is 33.1 Å². The van der Waals surface area contributed by atoms with Crippen LogP contribution in [0.4, 0.5) is 5.69 Å². The summed E-state index contributed by atoms with van der Waals surface area (Å²) in [6, 6.07) is 24.9. The first-order valence-electron chi connectivity index (χ1n) is 15.8. The molecule has 1 heterocycles. The summed E-state index contributed by atoms with van der Waals surface area (Å²) in [6.07, 6.45) is 5.77. The number of amides is 2. The van der Waals surface area contributed by atoms with E-state index in [0.717, 1.165) is 43.1 Å². The number of carbonyl (C=O) groups excluding carboxylic acids is 2. The van der Waals surface area contributed by atoms with Crippen LogP contribution in [0.25, 0.3) is 10.8 Å². The van der Waals surface area contributed by atoms with Crippen LogP contribution in [0.1, 0.15) is 56.1 Å². The summed E-state index contributed by atoms with van der Waals surface area (Å²) in [5.41, 5.74) is 2.23. The third kappa shape index (κ3) is 6.89. The van der Waals surface area contributed by atoms with Crippen molar-refractivity contribution in [3.05, 3.63) is 106 Å². The largest absolute Gasteiger partial charge is 0.352 e. The van der Waals surface area contributed by atoms with Crippen LogP contribution in [-0.2, 0) is 32.6 Å². The number of hydrogen-bond acceptors (Lipinski definition) is 4. The number of nitrogens with one attached hydrogen (secondary N) is 1. The van der Waals surface area contributed by atoms with Crippen LogP contribution < -0.4 is 9.62 Å². The van der Waals surface area contributed by atoms with Gasteiger partial charge < -0.3 is 10.2 Å². The van der Waals surface area contributed by atoms with E-state index in [1.807, 2.05) is 48.5 Å². The van der Waals surface area contributed by atoms with Gasteiger partial charge in [0.2, 0.25) is 11.8 Å². The Morgan fingerprint density at radius 2 is 1.65 bits per heavy atom. The molecule has 0 bridgehead atoms. The topological polar surface area (TPSA) is 86.8 Å². The number of nitrogens with zero attached hydrogens (tertiary/aromatic N) is 2. The molecule has 1 aliphatic carbocycles. The minimum absolute atomic E-state index is 0.0472. The highest BCUT2D eigenvalue weighted by Crippen LogP contribution is 2.42. The number of sulfonamides is 1. The standard InChI is InChI=1S/C36H37Cl2N3O4S/c37-28-20-19-27(30(38)23-28)24-40(32(22-25-10-3-1-4-11-25)36(43)39-29-14-5-2-6-15-29)34(42)18-9-21-41-31-16-7-12-26-13-8-17-33(35(26)31)46(41,44)45/h1,3-4,7-8,10-13,16-17,19-20,23,29,32H,2,5-6,9,14-15,18,21-22,24H2,(H,39,43)/t32-/m1/s1. The van der Waals surface area contributed by atoms with Gasteiger partial charge in [-0.2, -0.15) is 0 Å². The fraction of sp³-hybridized carbons (Fsp3) is 0.333. The molecular weight excluding hydrogens is 641 g/mol. The molecule has 7 nitrogen and oxygen atoms in total. The monoisotopic (exact) mass is 677 g/mol. The average molecular weight is 679 g/mol. The van der Waals surface area contributed by atoms with Crippen LogP contribution in [0.15, 0.2) is 89.8 Å². The lowest BCUT2D eigenvalue weighted by molar-refractivity contribution is -0.141. The zero-order valence-electron chi connectivity index (χ0n) is 25.5. The molecule has 1 atom stereocenters. The zero-order valence-corrected chi connectivity index (χ0v) is 27.8. The lowest BCUT2D eigenvalue weighted by Gasteiger charge is -2.34. The minimum Gasteiger partial charge on any atom is -0.352 e. The lowest BCUT2D eigenvalue weighted by Crippen LogP contribution is -2.53. The molecule has 4 aromatic carbocycles. The second kappa shape index (κ2) is 14.0. The summed E-state index contributed by atoms with van der Waals surface area (Å²) in [5.74, 6) is -0.448. The molecule has 2 amide bonds. The minimum atomic E-state index is -3.75. The Balaban J connectivity index is 1.26. The van der Waals surface area contributed by atoms with Gasteiger partial charge in [0.25, 0.3) is 10.0 Å². The van der Waals surface area contributed by atoms with Crippen molar-refractivity contribution in [1.29, 1.82) is 0 Å². The van der Waals surface area contributed by atoms with Gasteiger partial charge in [0.1, 0.15) is 6.04 Å². The van der Waals surface area contributed by atoms with Crippen molar-refractivity contribution in [3.63, 3.8) is 0 Å². The molecule has 6 rings (SSSR count). The van der Waals surface area contributed by atoms with E-state index in [4.69, 9.17) is 23.2 Å². The molecule has 1 saturated carbocycles. The number of carbonyl (C=O) groups is 2. The second-order valence-electron chi connectivity index (χ2n) is 12.1. The van der Waals surface area contributed by atoms with Crippen molar-refractivity contribution in [1.82, 2.24) is 10.2 Å². The Kier molecular flexibility index (Phi) is 9.87. The lowest BCUT2D eigenvalue weighted by atomic mass is 9.94. The molecule has 0 radical (unpaired) electrons. The number of hydrogen-bond donors (Lipinski definition) is 1. The van der Waals surface area contributed by atoms with Gasteiger partial charge in [-0.05, 0) is 60.0 Å². The highest BCUT2D eigenvalue weighted by Gasteiger charge is 2.36. The Morgan fingerprint density at radius 3 is 2.39 bits per heavy atom. The highest BCUT2D eigenvalue weighted by atomic mass is 35.5. The maximum absolute atomic E-state index is 14.2. The predicted molar refractivity (Wildman–Crippen MR) is 184 cm³/mol. The maximum atomic E-state index is 14.2. The molecule has 0 spiro atoms. The van der Waals surface area contributed by atoms with Crippen LogP contribution >= 0.6 is 23.2 Å². The van der Waals surface area contributed by atoms with E-state index >= 15 is 0 Å². The fourth-order valence-electron chi connectivity index (χ4n) is 6.65. The molecule has 1 aliphatic heterocycles. The van der Waals surface area contributed by atoms with E-state index in [9.17, 15) is 18.0 Å². The molecule has 46 heavy (non-hydrogen) atoms. The molecule has 0 unspecified atom stereocenters. The molecule has 0 saturated heterocycles. The molecule has 2 aliphatic rings. The number of benzene rings is 4. The SMILES string of the molecule is O=C(NC1CCCCC1)[C@@H](Cc1ccccc1)N(Cc1ccc(Cl)cc1Cl)C(=O)CCCN1c2cccc3cccc(c23)S1(=O)=O. The molecule has 0 aromatic heterocycles. The summed E-state index contributed by atoms with van der Waals surface area (Å²) in [5, 5.41) is 5.69. The molecule has 1 fully saturated rings. The maximum Gasteiger partial charge on any atom is 0.265 e. The first kappa shape index (κ1) is 32.4. The summed E-state index contributed by atoms with van der Waals surface area (Å²) in [6.45, 7) is 0.242. The van der Waals surface area contributed by atoms with Crippen molar-refractivity contribution in [2.24, 2.45) is 0 Å². The third-order valence-electron chi connectivity index (χ3n) is 9.01.